The normalized spacial score (nSPS) is 20.3. The van der Waals surface area contributed by atoms with E-state index in [1.807, 2.05) is 23.1 Å². The maximum absolute atomic E-state index is 4.57. The summed E-state index contributed by atoms with van der Waals surface area (Å²) in [5, 5.41) is 2.16. The Bertz CT molecular complexity index is 273. The number of hydrogen-bond donors (Lipinski definition) is 1. The fourth-order valence-corrected chi connectivity index (χ4v) is 4.88. The predicted molar refractivity (Wildman–Crippen MR) is 74.4 cm³/mol. The van der Waals surface area contributed by atoms with Gasteiger partial charge < -0.3 is 0 Å². The Morgan fingerprint density at radius 2 is 2.13 bits per heavy atom. The molecule has 84 valence electrons. The fraction of sp³-hybridized carbons (Fsp3) is 0.667. The number of thioether (sulfide) groups is 1. The summed E-state index contributed by atoms with van der Waals surface area (Å²) in [5.41, 5.74) is 0.524. The van der Waals surface area contributed by atoms with Gasteiger partial charge in [0.1, 0.15) is 0 Å². The van der Waals surface area contributed by atoms with E-state index in [0.29, 0.717) is 5.41 Å². The molecule has 1 saturated carbocycles. The summed E-state index contributed by atoms with van der Waals surface area (Å²) in [7, 11) is 0. The molecule has 3 heteroatoms. The first-order chi connectivity index (χ1) is 7.35. The molecular weight excluding hydrogens is 240 g/mol. The molecule has 0 nitrogen and oxygen atoms in total. The lowest BCUT2D eigenvalue weighted by atomic mass is 9.77. The van der Waals surface area contributed by atoms with E-state index in [1.165, 1.54) is 42.1 Å². The molecule has 1 heterocycles. The molecule has 0 aliphatic heterocycles. The second kappa shape index (κ2) is 5.65. The zero-order valence-electron chi connectivity index (χ0n) is 8.95. The predicted octanol–water partition coefficient (Wildman–Crippen LogP) is 4.72. The lowest BCUT2D eigenvalue weighted by molar-refractivity contribution is 0.259. The highest BCUT2D eigenvalue weighted by Gasteiger charge is 2.30. The van der Waals surface area contributed by atoms with E-state index in [4.69, 9.17) is 0 Å². The molecule has 2 rings (SSSR count). The molecule has 0 atom stereocenters. The van der Waals surface area contributed by atoms with Crippen LogP contribution >= 0.6 is 35.7 Å². The van der Waals surface area contributed by atoms with Crippen LogP contribution in [0.25, 0.3) is 0 Å². The summed E-state index contributed by atoms with van der Waals surface area (Å²) >= 11 is 8.46. The van der Waals surface area contributed by atoms with Gasteiger partial charge in [-0.25, -0.2) is 0 Å². The molecule has 0 amide bonds. The van der Waals surface area contributed by atoms with Crippen molar-refractivity contribution >= 4 is 35.7 Å². The Morgan fingerprint density at radius 1 is 1.33 bits per heavy atom. The Labute approximate surface area is 106 Å². The van der Waals surface area contributed by atoms with Crippen molar-refractivity contribution < 1.29 is 0 Å². The van der Waals surface area contributed by atoms with Crippen LogP contribution in [0.1, 0.15) is 32.1 Å². The number of thiophene rings is 1. The molecule has 0 unspecified atom stereocenters. The van der Waals surface area contributed by atoms with Crippen LogP contribution in [0.4, 0.5) is 0 Å². The van der Waals surface area contributed by atoms with Crippen LogP contribution in [0.2, 0.25) is 0 Å². The van der Waals surface area contributed by atoms with Crippen LogP contribution in [-0.4, -0.2) is 11.5 Å². The minimum Gasteiger partial charge on any atom is -0.179 e. The molecule has 0 saturated heterocycles. The molecule has 0 N–H and O–H groups in total. The maximum atomic E-state index is 4.57. The largest absolute Gasteiger partial charge is 0.179 e. The summed E-state index contributed by atoms with van der Waals surface area (Å²) in [6.45, 7) is 0. The van der Waals surface area contributed by atoms with Gasteiger partial charge in [0.05, 0.1) is 4.21 Å². The highest BCUT2D eigenvalue weighted by molar-refractivity contribution is 8.01. The minimum absolute atomic E-state index is 0.524. The van der Waals surface area contributed by atoms with Crippen LogP contribution in [0.5, 0.6) is 0 Å². The summed E-state index contributed by atoms with van der Waals surface area (Å²) in [5.74, 6) is 2.32. The number of hydrogen-bond acceptors (Lipinski definition) is 3. The highest BCUT2D eigenvalue weighted by Crippen LogP contribution is 2.42. The lowest BCUT2D eigenvalue weighted by Gasteiger charge is -2.35. The second-order valence-corrected chi connectivity index (χ2v) is 6.98. The van der Waals surface area contributed by atoms with Crippen molar-refractivity contribution in [1.29, 1.82) is 0 Å². The standard InChI is InChI=1S/C12H18S3/c13-9-12(6-2-1-3-7-12)10-15-11-5-4-8-14-11/h4-5,8,13H,1-3,6-7,9-10H2. The topological polar surface area (TPSA) is 0 Å². The van der Waals surface area contributed by atoms with E-state index >= 15 is 0 Å². The molecule has 0 spiro atoms. The van der Waals surface area contributed by atoms with Gasteiger partial charge >= 0.3 is 0 Å². The molecule has 1 aliphatic rings. The summed E-state index contributed by atoms with van der Waals surface area (Å²) in [6.07, 6.45) is 7.01. The van der Waals surface area contributed by atoms with Gasteiger partial charge in [-0.05, 0) is 35.5 Å². The van der Waals surface area contributed by atoms with Crippen molar-refractivity contribution in [1.82, 2.24) is 0 Å². The van der Waals surface area contributed by atoms with Gasteiger partial charge in [0, 0.05) is 5.75 Å². The smallest absolute Gasteiger partial charge is 0.0598 e. The van der Waals surface area contributed by atoms with Gasteiger partial charge in [-0.2, -0.15) is 12.6 Å². The van der Waals surface area contributed by atoms with Crippen molar-refractivity contribution in [2.45, 2.75) is 36.3 Å². The average Bonchev–Trinajstić information content (AvgIpc) is 2.81. The summed E-state index contributed by atoms with van der Waals surface area (Å²) in [6, 6.07) is 4.37. The van der Waals surface area contributed by atoms with Gasteiger partial charge in [0.2, 0.25) is 0 Å². The van der Waals surface area contributed by atoms with Crippen molar-refractivity contribution in [2.24, 2.45) is 5.41 Å². The molecule has 0 aromatic carbocycles. The molecular formula is C12H18S3. The Hall–Kier alpha value is 0.400. The van der Waals surface area contributed by atoms with E-state index in [-0.39, 0.29) is 0 Å². The van der Waals surface area contributed by atoms with Crippen LogP contribution in [0.3, 0.4) is 0 Å². The van der Waals surface area contributed by atoms with E-state index in [1.54, 1.807) is 0 Å². The van der Waals surface area contributed by atoms with Crippen molar-refractivity contribution in [2.75, 3.05) is 11.5 Å². The third-order valence-corrected chi connectivity index (χ3v) is 6.42. The summed E-state index contributed by atoms with van der Waals surface area (Å²) < 4.78 is 1.46. The van der Waals surface area contributed by atoms with Crippen LogP contribution in [0, 0.1) is 5.41 Å². The van der Waals surface area contributed by atoms with Gasteiger partial charge in [-0.3, -0.25) is 0 Å². The molecule has 15 heavy (non-hydrogen) atoms. The Kier molecular flexibility index (Phi) is 4.47. The lowest BCUT2D eigenvalue weighted by Crippen LogP contribution is -2.28. The quantitative estimate of drug-likeness (QED) is 0.602. The summed E-state index contributed by atoms with van der Waals surface area (Å²) in [4.78, 5) is 0. The van der Waals surface area contributed by atoms with Gasteiger partial charge in [0.15, 0.2) is 0 Å². The van der Waals surface area contributed by atoms with E-state index in [9.17, 15) is 0 Å². The maximum Gasteiger partial charge on any atom is 0.0598 e. The van der Waals surface area contributed by atoms with E-state index in [0.717, 1.165) is 5.75 Å². The van der Waals surface area contributed by atoms with Crippen LogP contribution in [0.15, 0.2) is 21.7 Å². The molecule has 1 aliphatic carbocycles. The minimum atomic E-state index is 0.524. The monoisotopic (exact) mass is 258 g/mol. The number of thiol groups is 1. The zero-order chi connectivity index (χ0) is 10.6. The Morgan fingerprint density at radius 3 is 2.73 bits per heavy atom. The molecule has 0 radical (unpaired) electrons. The zero-order valence-corrected chi connectivity index (χ0v) is 11.5. The first-order valence-corrected chi connectivity index (χ1v) is 8.12. The van der Waals surface area contributed by atoms with Gasteiger partial charge in [0.25, 0.3) is 0 Å². The van der Waals surface area contributed by atoms with Gasteiger partial charge in [-0.15, -0.1) is 23.1 Å². The first-order valence-electron chi connectivity index (χ1n) is 5.62. The number of rotatable bonds is 4. The molecule has 1 fully saturated rings. The third kappa shape index (κ3) is 3.18. The van der Waals surface area contributed by atoms with E-state index < -0.39 is 0 Å². The molecule has 0 bridgehead atoms. The van der Waals surface area contributed by atoms with Crippen molar-refractivity contribution in [3.8, 4) is 0 Å². The third-order valence-electron chi connectivity index (χ3n) is 3.27. The fourth-order valence-electron chi connectivity index (χ4n) is 2.22. The molecule has 1 aromatic rings. The second-order valence-electron chi connectivity index (χ2n) is 4.44. The average molecular weight is 258 g/mol. The first kappa shape index (κ1) is 11.9. The Balaban J connectivity index is 1.89. The SMILES string of the molecule is SCC1(CSc2cccs2)CCCCC1. The van der Waals surface area contributed by atoms with Gasteiger partial charge in [-0.1, -0.05) is 25.3 Å². The van der Waals surface area contributed by atoms with Crippen molar-refractivity contribution in [3.63, 3.8) is 0 Å². The van der Waals surface area contributed by atoms with Crippen LogP contribution < -0.4 is 0 Å². The highest BCUT2D eigenvalue weighted by atomic mass is 32.2. The van der Waals surface area contributed by atoms with E-state index in [2.05, 4.69) is 30.1 Å². The van der Waals surface area contributed by atoms with Crippen molar-refractivity contribution in [3.05, 3.63) is 17.5 Å². The van der Waals surface area contributed by atoms with Crippen LogP contribution in [-0.2, 0) is 0 Å². The molecule has 1 aromatic heterocycles.